The highest BCUT2D eigenvalue weighted by atomic mass is 19.3. The van der Waals surface area contributed by atoms with Crippen LogP contribution in [0.5, 0.6) is 0 Å². The van der Waals surface area contributed by atoms with Crippen LogP contribution in [0.15, 0.2) is 17.8 Å². The number of morpholine rings is 1. The zero-order valence-corrected chi connectivity index (χ0v) is 27.9. The number of hydrogen-bond donors (Lipinski definition) is 1. The lowest BCUT2D eigenvalue weighted by molar-refractivity contribution is -0.143. The summed E-state index contributed by atoms with van der Waals surface area (Å²) in [5.41, 5.74) is 5.13. The molecule has 50 heavy (non-hydrogen) atoms. The number of piperidine rings is 1. The summed E-state index contributed by atoms with van der Waals surface area (Å²) < 4.78 is 33.3. The largest absolute Gasteiger partial charge is 0.378 e. The van der Waals surface area contributed by atoms with Gasteiger partial charge in [0.2, 0.25) is 29.7 Å². The summed E-state index contributed by atoms with van der Waals surface area (Å²) in [4.78, 5) is 69.1. The van der Waals surface area contributed by atoms with Crippen LogP contribution >= 0.6 is 0 Å². The van der Waals surface area contributed by atoms with Gasteiger partial charge in [0.15, 0.2) is 5.82 Å². The van der Waals surface area contributed by atoms with Crippen molar-refractivity contribution in [2.45, 2.75) is 32.1 Å². The van der Waals surface area contributed by atoms with E-state index in [-0.39, 0.29) is 59.0 Å². The van der Waals surface area contributed by atoms with Crippen molar-refractivity contribution >= 4 is 35.6 Å². The molecule has 2 N–H and O–H groups in total. The Balaban J connectivity index is 1.06. The minimum absolute atomic E-state index is 0.0131. The Kier molecular flexibility index (Phi) is 10.6. The molecule has 0 atom stereocenters. The van der Waals surface area contributed by atoms with E-state index in [0.29, 0.717) is 90.3 Å². The number of piperazine rings is 1. The fourth-order valence-electron chi connectivity index (χ4n) is 6.27. The zero-order valence-electron chi connectivity index (χ0n) is 27.9. The second-order valence-electron chi connectivity index (χ2n) is 12.8. The Morgan fingerprint density at radius 2 is 1.60 bits per heavy atom. The van der Waals surface area contributed by atoms with Gasteiger partial charge in [-0.15, -0.1) is 0 Å². The number of amides is 3. The molecule has 0 spiro atoms. The van der Waals surface area contributed by atoms with E-state index in [2.05, 4.69) is 24.9 Å². The standard InChI is InChI=1S/C32H40F2N12O4/c1-42(28(48)21-4-6-44(7-5-21)29(49)22(17-35)16-20-2-3-20)19-24(47)43-8-10-45(11-9-43)31-39-27(23-18-37-30(36)38-25(23)26(33)34)40-32(41-31)46-12-14-50-15-13-46/h16,18,20-21,26H,2-15,19H2,1H3,(H2,36,37,38)/b22-16-. The van der Waals surface area contributed by atoms with Gasteiger partial charge in [0.05, 0.1) is 25.3 Å². The first kappa shape index (κ1) is 34.8. The molecule has 3 saturated heterocycles. The van der Waals surface area contributed by atoms with Crippen molar-refractivity contribution < 1.29 is 27.9 Å². The second-order valence-corrected chi connectivity index (χ2v) is 12.8. The number of nitriles is 1. The van der Waals surface area contributed by atoms with Gasteiger partial charge in [-0.3, -0.25) is 14.4 Å². The quantitative estimate of drug-likeness (QED) is 0.288. The summed E-state index contributed by atoms with van der Waals surface area (Å²) >= 11 is 0. The predicted octanol–water partition coefficient (Wildman–Crippen LogP) is 0.891. The van der Waals surface area contributed by atoms with Gasteiger partial charge in [0.25, 0.3) is 12.3 Å². The number of carbonyl (C=O) groups is 3. The van der Waals surface area contributed by atoms with Crippen molar-refractivity contribution in [1.82, 2.24) is 39.6 Å². The Hall–Kier alpha value is -5.05. The number of anilines is 3. The monoisotopic (exact) mass is 694 g/mol. The average Bonchev–Trinajstić information content (AvgIpc) is 3.97. The zero-order chi connectivity index (χ0) is 35.4. The van der Waals surface area contributed by atoms with Crippen molar-refractivity contribution in [1.29, 1.82) is 5.26 Å². The number of likely N-dealkylation sites (N-methyl/N-ethyl adjacent to an activating group) is 1. The number of likely N-dealkylation sites (tertiary alicyclic amines) is 1. The molecular weight excluding hydrogens is 654 g/mol. The van der Waals surface area contributed by atoms with Crippen LogP contribution in [0.25, 0.3) is 11.4 Å². The van der Waals surface area contributed by atoms with Crippen LogP contribution in [-0.2, 0) is 19.1 Å². The third-order valence-electron chi connectivity index (χ3n) is 9.36. The molecule has 6 rings (SSSR count). The summed E-state index contributed by atoms with van der Waals surface area (Å²) in [5, 5.41) is 9.42. The van der Waals surface area contributed by atoms with Crippen LogP contribution < -0.4 is 15.5 Å². The Bertz CT molecular complexity index is 1660. The van der Waals surface area contributed by atoms with Crippen LogP contribution in [0.3, 0.4) is 0 Å². The van der Waals surface area contributed by atoms with Gasteiger partial charge in [0.1, 0.15) is 17.3 Å². The number of nitrogen functional groups attached to an aromatic ring is 1. The lowest BCUT2D eigenvalue weighted by Gasteiger charge is -2.36. The number of allylic oxidation sites excluding steroid dienone is 1. The normalized spacial score (nSPS) is 19.1. The minimum atomic E-state index is -2.93. The topological polar surface area (TPSA) is 191 Å². The highest BCUT2D eigenvalue weighted by Gasteiger charge is 2.33. The molecule has 2 aromatic heterocycles. The Morgan fingerprint density at radius 1 is 0.960 bits per heavy atom. The lowest BCUT2D eigenvalue weighted by atomic mass is 9.95. The molecule has 16 nitrogen and oxygen atoms in total. The van der Waals surface area contributed by atoms with Crippen LogP contribution in [0, 0.1) is 23.2 Å². The molecular formula is C32H40F2N12O4. The number of rotatable bonds is 9. The van der Waals surface area contributed by atoms with E-state index in [4.69, 9.17) is 10.5 Å². The first-order valence-corrected chi connectivity index (χ1v) is 16.8. The fraction of sp³-hybridized carbons (Fsp3) is 0.594. The molecule has 0 aromatic carbocycles. The maximum atomic E-state index is 13.9. The summed E-state index contributed by atoms with van der Waals surface area (Å²) in [6.45, 7) is 3.99. The van der Waals surface area contributed by atoms with E-state index < -0.39 is 12.1 Å². The molecule has 266 valence electrons. The van der Waals surface area contributed by atoms with Crippen LogP contribution in [0.4, 0.5) is 26.6 Å². The Labute approximate surface area is 287 Å². The molecule has 1 aliphatic carbocycles. The number of halogens is 2. The molecule has 3 aliphatic heterocycles. The van der Waals surface area contributed by atoms with Gasteiger partial charge in [-0.25, -0.2) is 18.7 Å². The van der Waals surface area contributed by atoms with E-state index in [1.54, 1.807) is 22.9 Å². The van der Waals surface area contributed by atoms with Crippen LogP contribution in [0.2, 0.25) is 0 Å². The third-order valence-corrected chi connectivity index (χ3v) is 9.36. The van der Waals surface area contributed by atoms with E-state index in [1.807, 2.05) is 15.9 Å². The molecule has 18 heteroatoms. The van der Waals surface area contributed by atoms with E-state index in [0.717, 1.165) is 12.8 Å². The number of aromatic nitrogens is 5. The van der Waals surface area contributed by atoms with Gasteiger partial charge < -0.3 is 35.0 Å². The van der Waals surface area contributed by atoms with Gasteiger partial charge in [-0.05, 0) is 31.6 Å². The minimum Gasteiger partial charge on any atom is -0.378 e. The van der Waals surface area contributed by atoms with Crippen molar-refractivity contribution in [2.75, 3.05) is 94.7 Å². The van der Waals surface area contributed by atoms with Crippen LogP contribution in [0.1, 0.15) is 37.8 Å². The smallest absolute Gasteiger partial charge is 0.281 e. The molecule has 0 bridgehead atoms. The molecule has 1 saturated carbocycles. The number of alkyl halides is 2. The molecule has 4 aliphatic rings. The summed E-state index contributed by atoms with van der Waals surface area (Å²) in [6.07, 6.45) is 2.93. The number of ether oxygens (including phenoxy) is 1. The molecule has 0 radical (unpaired) electrons. The lowest BCUT2D eigenvalue weighted by Crippen LogP contribution is -2.52. The molecule has 5 heterocycles. The second kappa shape index (κ2) is 15.2. The molecule has 3 amide bonds. The van der Waals surface area contributed by atoms with E-state index in [1.165, 1.54) is 11.1 Å². The van der Waals surface area contributed by atoms with Crippen LogP contribution in [-0.4, -0.2) is 137 Å². The van der Waals surface area contributed by atoms with Gasteiger partial charge >= 0.3 is 0 Å². The van der Waals surface area contributed by atoms with E-state index >= 15 is 0 Å². The fourth-order valence-corrected chi connectivity index (χ4v) is 6.27. The van der Waals surface area contributed by atoms with Gasteiger partial charge in [-0.2, -0.15) is 20.2 Å². The van der Waals surface area contributed by atoms with Gasteiger partial charge in [0, 0.05) is 71.5 Å². The van der Waals surface area contributed by atoms with Crippen molar-refractivity contribution in [3.63, 3.8) is 0 Å². The summed E-state index contributed by atoms with van der Waals surface area (Å²) in [5.74, 6) is -0.374. The first-order valence-electron chi connectivity index (χ1n) is 16.8. The number of hydrogen-bond acceptors (Lipinski definition) is 13. The number of carbonyl (C=O) groups excluding carboxylic acids is 3. The van der Waals surface area contributed by atoms with Crippen molar-refractivity contribution in [3.8, 4) is 17.5 Å². The van der Waals surface area contributed by atoms with E-state index in [9.17, 15) is 28.4 Å². The highest BCUT2D eigenvalue weighted by molar-refractivity contribution is 5.97. The average molecular weight is 695 g/mol. The summed E-state index contributed by atoms with van der Waals surface area (Å²) in [6, 6.07) is 2.02. The SMILES string of the molecule is CN(CC(=O)N1CCN(c2nc(-c3cnc(N)nc3C(F)F)nc(N3CCOCC3)n2)CC1)C(=O)C1CCN(C(=O)/C(C#N)=C\C2CC2)CC1. The Morgan fingerprint density at radius 3 is 2.20 bits per heavy atom. The highest BCUT2D eigenvalue weighted by Crippen LogP contribution is 2.32. The first-order chi connectivity index (χ1) is 24.1. The van der Waals surface area contributed by atoms with Crippen molar-refractivity contribution in [3.05, 3.63) is 23.5 Å². The molecule has 4 fully saturated rings. The third kappa shape index (κ3) is 8.04. The number of nitrogens with zero attached hydrogens (tertiary/aromatic N) is 11. The van der Waals surface area contributed by atoms with Gasteiger partial charge in [-0.1, -0.05) is 6.08 Å². The van der Waals surface area contributed by atoms with Crippen molar-refractivity contribution in [2.24, 2.45) is 11.8 Å². The maximum absolute atomic E-state index is 13.9. The summed E-state index contributed by atoms with van der Waals surface area (Å²) in [7, 11) is 1.61. The molecule has 2 aromatic rings. The predicted molar refractivity (Wildman–Crippen MR) is 175 cm³/mol. The molecule has 0 unspecified atom stereocenters. The number of nitrogens with two attached hydrogens (primary N) is 1. The maximum Gasteiger partial charge on any atom is 0.281 e.